The molecule has 0 bridgehead atoms. The van der Waals surface area contributed by atoms with E-state index in [1.165, 1.54) is 6.07 Å². The summed E-state index contributed by atoms with van der Waals surface area (Å²) in [4.78, 5) is 0. The van der Waals surface area contributed by atoms with Gasteiger partial charge in [-0.25, -0.2) is 4.39 Å². The van der Waals surface area contributed by atoms with Crippen LogP contribution in [0.25, 0.3) is 0 Å². The summed E-state index contributed by atoms with van der Waals surface area (Å²) in [6.07, 6.45) is -0.778. The number of aliphatic hydroxyl groups excluding tert-OH is 1. The molecule has 0 spiro atoms. The van der Waals surface area contributed by atoms with Gasteiger partial charge in [0.2, 0.25) is 0 Å². The molecule has 2 aromatic rings. The largest absolute Gasteiger partial charge is 0.494 e. The van der Waals surface area contributed by atoms with Crippen LogP contribution >= 0.6 is 0 Å². The smallest absolute Gasteiger partial charge is 0.126 e. The average Bonchev–Trinajstić information content (AvgIpc) is 2.42. The second-order valence-electron chi connectivity index (χ2n) is 4.42. The zero-order valence-electron chi connectivity index (χ0n) is 11.1. The fourth-order valence-electron chi connectivity index (χ4n) is 1.97. The van der Waals surface area contributed by atoms with Crippen LogP contribution in [0.15, 0.2) is 42.5 Å². The van der Waals surface area contributed by atoms with Gasteiger partial charge in [0, 0.05) is 0 Å². The van der Waals surface area contributed by atoms with Gasteiger partial charge in [-0.15, -0.1) is 0 Å². The Labute approximate surface area is 112 Å². The molecular weight excluding hydrogens is 243 g/mol. The van der Waals surface area contributed by atoms with Crippen LogP contribution < -0.4 is 4.74 Å². The molecule has 19 heavy (non-hydrogen) atoms. The Hall–Kier alpha value is -1.87. The number of halogens is 1. The van der Waals surface area contributed by atoms with E-state index < -0.39 is 6.10 Å². The SMILES string of the molecule is CCOc1cccc(C(O)c2ccc(F)c(C)c2)c1. The van der Waals surface area contributed by atoms with E-state index in [0.29, 0.717) is 17.7 Å². The van der Waals surface area contributed by atoms with Gasteiger partial charge in [-0.05, 0) is 48.7 Å². The Morgan fingerprint density at radius 3 is 2.58 bits per heavy atom. The van der Waals surface area contributed by atoms with Crippen molar-refractivity contribution >= 4 is 0 Å². The summed E-state index contributed by atoms with van der Waals surface area (Å²) in [6, 6.07) is 11.9. The van der Waals surface area contributed by atoms with Gasteiger partial charge in [0.25, 0.3) is 0 Å². The Morgan fingerprint density at radius 2 is 1.89 bits per heavy atom. The molecule has 0 fully saturated rings. The first-order chi connectivity index (χ1) is 9.11. The van der Waals surface area contributed by atoms with Crippen LogP contribution in [-0.4, -0.2) is 11.7 Å². The third-order valence-corrected chi connectivity index (χ3v) is 2.98. The first-order valence-corrected chi connectivity index (χ1v) is 6.28. The molecule has 2 nitrogen and oxygen atoms in total. The highest BCUT2D eigenvalue weighted by Crippen LogP contribution is 2.26. The third-order valence-electron chi connectivity index (χ3n) is 2.98. The first kappa shape index (κ1) is 13.6. The second-order valence-corrected chi connectivity index (χ2v) is 4.42. The number of benzene rings is 2. The van der Waals surface area contributed by atoms with Gasteiger partial charge < -0.3 is 9.84 Å². The van der Waals surface area contributed by atoms with E-state index in [1.54, 1.807) is 25.1 Å². The number of rotatable bonds is 4. The molecule has 2 aromatic carbocycles. The summed E-state index contributed by atoms with van der Waals surface area (Å²) in [5, 5.41) is 10.3. The molecular formula is C16H17FO2. The van der Waals surface area contributed by atoms with E-state index in [0.717, 1.165) is 11.3 Å². The summed E-state index contributed by atoms with van der Waals surface area (Å²) in [6.45, 7) is 4.17. The highest BCUT2D eigenvalue weighted by atomic mass is 19.1. The molecule has 0 amide bonds. The molecule has 1 unspecified atom stereocenters. The normalized spacial score (nSPS) is 12.2. The minimum Gasteiger partial charge on any atom is -0.494 e. The highest BCUT2D eigenvalue weighted by molar-refractivity contribution is 5.36. The lowest BCUT2D eigenvalue weighted by molar-refractivity contribution is 0.219. The van der Waals surface area contributed by atoms with Crippen LogP contribution in [0.1, 0.15) is 29.7 Å². The molecule has 1 atom stereocenters. The highest BCUT2D eigenvalue weighted by Gasteiger charge is 2.12. The van der Waals surface area contributed by atoms with Crippen LogP contribution in [0.4, 0.5) is 4.39 Å². The topological polar surface area (TPSA) is 29.5 Å². The first-order valence-electron chi connectivity index (χ1n) is 6.28. The fraction of sp³-hybridized carbons (Fsp3) is 0.250. The van der Waals surface area contributed by atoms with Crippen LogP contribution in [0.2, 0.25) is 0 Å². The number of hydrogen-bond acceptors (Lipinski definition) is 2. The minimum atomic E-state index is -0.778. The third kappa shape index (κ3) is 3.12. The zero-order chi connectivity index (χ0) is 13.8. The van der Waals surface area contributed by atoms with Crippen molar-refractivity contribution in [2.75, 3.05) is 6.61 Å². The molecule has 100 valence electrons. The predicted octanol–water partition coefficient (Wildman–Crippen LogP) is 3.61. The van der Waals surface area contributed by atoms with Crippen molar-refractivity contribution in [3.8, 4) is 5.75 Å². The van der Waals surface area contributed by atoms with Crippen LogP contribution in [0, 0.1) is 12.7 Å². The van der Waals surface area contributed by atoms with Crippen molar-refractivity contribution in [2.24, 2.45) is 0 Å². The van der Waals surface area contributed by atoms with Crippen LogP contribution in [0.3, 0.4) is 0 Å². The summed E-state index contributed by atoms with van der Waals surface area (Å²) in [7, 11) is 0. The van der Waals surface area contributed by atoms with Crippen molar-refractivity contribution in [1.29, 1.82) is 0 Å². The second kappa shape index (κ2) is 5.85. The molecule has 0 saturated heterocycles. The van der Waals surface area contributed by atoms with Crippen molar-refractivity contribution in [3.63, 3.8) is 0 Å². The fourth-order valence-corrected chi connectivity index (χ4v) is 1.97. The molecule has 0 saturated carbocycles. The summed E-state index contributed by atoms with van der Waals surface area (Å²) >= 11 is 0. The van der Waals surface area contributed by atoms with Gasteiger partial charge in [0.05, 0.1) is 6.61 Å². The maximum Gasteiger partial charge on any atom is 0.126 e. The van der Waals surface area contributed by atoms with Crippen molar-refractivity contribution < 1.29 is 14.2 Å². The number of aryl methyl sites for hydroxylation is 1. The van der Waals surface area contributed by atoms with Crippen molar-refractivity contribution in [2.45, 2.75) is 20.0 Å². The quantitative estimate of drug-likeness (QED) is 0.909. The molecule has 0 heterocycles. The standard InChI is InChI=1S/C16H17FO2/c1-3-19-14-6-4-5-12(10-14)16(18)13-7-8-15(17)11(2)9-13/h4-10,16,18H,3H2,1-2H3. The molecule has 0 aliphatic rings. The minimum absolute atomic E-state index is 0.265. The van der Waals surface area contributed by atoms with E-state index in [9.17, 15) is 9.50 Å². The molecule has 0 aliphatic heterocycles. The van der Waals surface area contributed by atoms with Gasteiger partial charge in [-0.1, -0.05) is 24.3 Å². The Morgan fingerprint density at radius 1 is 1.16 bits per heavy atom. The molecule has 0 radical (unpaired) electrons. The van der Waals surface area contributed by atoms with Crippen LogP contribution in [0.5, 0.6) is 5.75 Å². The zero-order valence-corrected chi connectivity index (χ0v) is 11.1. The average molecular weight is 260 g/mol. The monoisotopic (exact) mass is 260 g/mol. The van der Waals surface area contributed by atoms with E-state index in [2.05, 4.69) is 0 Å². The number of aliphatic hydroxyl groups is 1. The lowest BCUT2D eigenvalue weighted by Crippen LogP contribution is -2.01. The number of ether oxygens (including phenoxy) is 1. The Bertz CT molecular complexity index is 566. The van der Waals surface area contributed by atoms with Gasteiger partial charge in [-0.2, -0.15) is 0 Å². The van der Waals surface area contributed by atoms with Gasteiger partial charge in [0.15, 0.2) is 0 Å². The maximum absolute atomic E-state index is 13.2. The summed E-state index contributed by atoms with van der Waals surface area (Å²) in [5.74, 6) is 0.455. The van der Waals surface area contributed by atoms with E-state index in [-0.39, 0.29) is 5.82 Å². The Kier molecular flexibility index (Phi) is 4.17. The van der Waals surface area contributed by atoms with Gasteiger partial charge >= 0.3 is 0 Å². The van der Waals surface area contributed by atoms with Crippen molar-refractivity contribution in [1.82, 2.24) is 0 Å². The maximum atomic E-state index is 13.2. The molecule has 0 aromatic heterocycles. The van der Waals surface area contributed by atoms with Gasteiger partial charge in [-0.3, -0.25) is 0 Å². The summed E-state index contributed by atoms with van der Waals surface area (Å²) < 4.78 is 18.6. The lowest BCUT2D eigenvalue weighted by atomic mass is 9.99. The van der Waals surface area contributed by atoms with E-state index in [4.69, 9.17) is 4.74 Å². The lowest BCUT2D eigenvalue weighted by Gasteiger charge is -2.14. The van der Waals surface area contributed by atoms with E-state index in [1.807, 2.05) is 25.1 Å². The number of hydrogen-bond donors (Lipinski definition) is 1. The molecule has 2 rings (SSSR count). The van der Waals surface area contributed by atoms with Gasteiger partial charge in [0.1, 0.15) is 17.7 Å². The van der Waals surface area contributed by atoms with Crippen molar-refractivity contribution in [3.05, 3.63) is 65.0 Å². The summed E-state index contributed by atoms with van der Waals surface area (Å²) in [5.41, 5.74) is 1.93. The Balaban J connectivity index is 2.29. The van der Waals surface area contributed by atoms with E-state index >= 15 is 0 Å². The molecule has 1 N–H and O–H groups in total. The molecule has 0 aliphatic carbocycles. The van der Waals surface area contributed by atoms with Crippen LogP contribution in [-0.2, 0) is 0 Å². The predicted molar refractivity (Wildman–Crippen MR) is 72.8 cm³/mol. The molecule has 3 heteroatoms.